The Labute approximate surface area is 201 Å². The molecule has 0 aromatic heterocycles. The van der Waals surface area contributed by atoms with Crippen LogP contribution in [-0.4, -0.2) is 32.8 Å². The molecule has 0 spiro atoms. The Morgan fingerprint density at radius 1 is 1.03 bits per heavy atom. The predicted molar refractivity (Wildman–Crippen MR) is 135 cm³/mol. The van der Waals surface area contributed by atoms with Crippen LogP contribution < -0.4 is 5.32 Å². The highest BCUT2D eigenvalue weighted by Gasteiger charge is 2.34. The Kier molecular flexibility index (Phi) is 7.87. The second-order valence-electron chi connectivity index (χ2n) is 8.97. The van der Waals surface area contributed by atoms with Gasteiger partial charge in [-0.3, -0.25) is 4.79 Å². The zero-order chi connectivity index (χ0) is 22.6. The molecule has 2 aliphatic rings. The molecule has 0 bridgehead atoms. The number of rotatable bonds is 7. The smallest absolute Gasteiger partial charge is 0.251 e. The van der Waals surface area contributed by atoms with Crippen molar-refractivity contribution in [3.63, 3.8) is 0 Å². The highest BCUT2D eigenvalue weighted by molar-refractivity contribution is 8.31. The number of carbonyl (C=O) groups is 1. The number of halogens is 1. The highest BCUT2D eigenvalue weighted by atomic mass is 35.5. The molecule has 1 aliphatic heterocycles. The maximum atomic E-state index is 13.3. The number of benzene rings is 2. The lowest BCUT2D eigenvalue weighted by atomic mass is 9.88. The third-order valence-electron chi connectivity index (χ3n) is 6.84. The first-order valence-corrected chi connectivity index (χ1v) is 14.4. The molecule has 7 heteroatoms. The highest BCUT2D eigenvalue weighted by Crippen LogP contribution is 2.33. The number of carbonyl (C=O) groups excluding carboxylic acids is 1. The molecule has 32 heavy (non-hydrogen) atoms. The summed E-state index contributed by atoms with van der Waals surface area (Å²) < 4.78 is 15.4. The number of nitrogens with zero attached hydrogens (tertiary/aromatic N) is 1. The van der Waals surface area contributed by atoms with Gasteiger partial charge in [0, 0.05) is 23.7 Å². The van der Waals surface area contributed by atoms with Gasteiger partial charge in [-0.25, -0.2) is 8.51 Å². The van der Waals surface area contributed by atoms with E-state index >= 15 is 0 Å². The van der Waals surface area contributed by atoms with Gasteiger partial charge in [0.25, 0.3) is 5.91 Å². The van der Waals surface area contributed by atoms with E-state index in [1.807, 2.05) is 18.2 Å². The van der Waals surface area contributed by atoms with E-state index in [2.05, 4.69) is 21.8 Å². The number of nitrogens with one attached hydrogen (secondary N) is 1. The average molecular weight is 491 g/mol. The quantitative estimate of drug-likeness (QED) is 0.556. The number of hydrogen-bond acceptors (Lipinski definition) is 3. The van der Waals surface area contributed by atoms with Crippen LogP contribution in [-0.2, 0) is 19.9 Å². The van der Waals surface area contributed by atoms with Crippen LogP contribution in [0.15, 0.2) is 54.6 Å². The molecule has 1 saturated carbocycles. The van der Waals surface area contributed by atoms with Crippen LogP contribution in [0.3, 0.4) is 0 Å². The molecule has 1 aliphatic carbocycles. The summed E-state index contributed by atoms with van der Waals surface area (Å²) in [7, 11) is -2.34. The van der Waals surface area contributed by atoms with E-state index in [-0.39, 0.29) is 17.2 Å². The third kappa shape index (κ3) is 5.71. The molecule has 172 valence electrons. The maximum Gasteiger partial charge on any atom is 0.251 e. The van der Waals surface area contributed by atoms with Crippen LogP contribution in [0.25, 0.3) is 0 Å². The van der Waals surface area contributed by atoms with Gasteiger partial charge >= 0.3 is 0 Å². The maximum absolute atomic E-state index is 13.3. The number of amides is 1. The minimum absolute atomic E-state index is 0.0707. The summed E-state index contributed by atoms with van der Waals surface area (Å²) in [6, 6.07) is 17.0. The lowest BCUT2D eigenvalue weighted by Crippen LogP contribution is -2.42. The molecule has 2 unspecified atom stereocenters. The van der Waals surface area contributed by atoms with Crippen molar-refractivity contribution in [2.24, 2.45) is 5.92 Å². The van der Waals surface area contributed by atoms with Crippen molar-refractivity contribution < 1.29 is 9.00 Å². The summed E-state index contributed by atoms with van der Waals surface area (Å²) >= 11 is 11.6. The molecule has 2 fully saturated rings. The van der Waals surface area contributed by atoms with Gasteiger partial charge in [-0.15, -0.1) is 0 Å². The normalized spacial score (nSPS) is 21.2. The third-order valence-corrected chi connectivity index (χ3v) is 10.9. The second-order valence-corrected chi connectivity index (χ2v) is 13.1. The Balaban J connectivity index is 1.41. The van der Waals surface area contributed by atoms with Crippen LogP contribution in [0.4, 0.5) is 0 Å². The fourth-order valence-electron chi connectivity index (χ4n) is 4.94. The van der Waals surface area contributed by atoms with Gasteiger partial charge in [-0.05, 0) is 79.0 Å². The van der Waals surface area contributed by atoms with Crippen molar-refractivity contribution in [1.29, 1.82) is 0 Å². The Hall–Kier alpha value is -1.47. The average Bonchev–Trinajstić information content (AvgIpc) is 3.36. The van der Waals surface area contributed by atoms with Gasteiger partial charge in [0.1, 0.15) is 0 Å². The molecule has 2 aromatic rings. The van der Waals surface area contributed by atoms with Crippen LogP contribution in [0.1, 0.15) is 66.9 Å². The fourth-order valence-corrected chi connectivity index (χ4v) is 8.16. The van der Waals surface area contributed by atoms with E-state index in [0.717, 1.165) is 63.6 Å². The topological polar surface area (TPSA) is 49.4 Å². The lowest BCUT2D eigenvalue weighted by molar-refractivity contribution is 0.0927. The van der Waals surface area contributed by atoms with E-state index < -0.39 is 8.68 Å². The fraction of sp³-hybridized carbons (Fsp3) is 0.480. The summed E-state index contributed by atoms with van der Waals surface area (Å²) in [6.07, 6.45) is 7.10. The monoisotopic (exact) mass is 490 g/mol. The summed E-state index contributed by atoms with van der Waals surface area (Å²) in [6.45, 7) is 1.58. The predicted octanol–water partition coefficient (Wildman–Crippen LogP) is 5.52. The zero-order valence-electron chi connectivity index (χ0n) is 18.3. The zero-order valence-corrected chi connectivity index (χ0v) is 20.6. The molecule has 2 atom stereocenters. The number of hydrogen-bond donors (Lipinski definition) is 1. The standard InChI is InChI=1S/C25H31ClN2O2S2/c26-22-12-10-21(11-13-22)25(29)27-24(20-6-2-1-3-7-20)18-19-14-16-28(17-15-19)32(30,31)23-8-4-5-9-23/h1-3,6-7,10-13,19,23-24H,4-5,8-9,14-18H2,(H,27,29). The summed E-state index contributed by atoms with van der Waals surface area (Å²) in [4.78, 5) is 12.9. The van der Waals surface area contributed by atoms with Crippen molar-refractivity contribution in [3.8, 4) is 0 Å². The first kappa shape index (κ1) is 23.7. The minimum Gasteiger partial charge on any atom is -0.345 e. The molecule has 1 amide bonds. The van der Waals surface area contributed by atoms with Gasteiger partial charge in [0.2, 0.25) is 0 Å². The molecule has 1 heterocycles. The van der Waals surface area contributed by atoms with Gasteiger partial charge in [0.15, 0.2) is 0 Å². The molecule has 4 nitrogen and oxygen atoms in total. The molecule has 2 aromatic carbocycles. The molecule has 0 radical (unpaired) electrons. The van der Waals surface area contributed by atoms with Gasteiger partial charge in [0.05, 0.1) is 20.0 Å². The summed E-state index contributed by atoms with van der Waals surface area (Å²) in [5, 5.41) is 4.03. The van der Waals surface area contributed by atoms with Crippen molar-refractivity contribution in [2.45, 2.75) is 56.2 Å². The molecular formula is C25H31ClN2O2S2. The van der Waals surface area contributed by atoms with Crippen molar-refractivity contribution in [1.82, 2.24) is 9.62 Å². The first-order chi connectivity index (χ1) is 15.4. The summed E-state index contributed by atoms with van der Waals surface area (Å²) in [5.74, 6) is 0.360. The number of piperidine rings is 1. The van der Waals surface area contributed by atoms with Crippen LogP contribution in [0.5, 0.6) is 0 Å². The van der Waals surface area contributed by atoms with E-state index in [4.69, 9.17) is 22.8 Å². The lowest BCUT2D eigenvalue weighted by Gasteiger charge is -2.36. The van der Waals surface area contributed by atoms with Crippen LogP contribution >= 0.6 is 11.6 Å². The Morgan fingerprint density at radius 3 is 2.28 bits per heavy atom. The van der Waals surface area contributed by atoms with E-state index in [1.165, 1.54) is 0 Å². The molecule has 1 saturated heterocycles. The van der Waals surface area contributed by atoms with Crippen molar-refractivity contribution in [3.05, 3.63) is 70.7 Å². The Bertz CT molecular complexity index is 998. The largest absolute Gasteiger partial charge is 0.345 e. The van der Waals surface area contributed by atoms with E-state index in [9.17, 15) is 9.00 Å². The minimum atomic E-state index is -2.34. The van der Waals surface area contributed by atoms with Gasteiger partial charge in [-0.2, -0.15) is 0 Å². The van der Waals surface area contributed by atoms with Crippen molar-refractivity contribution >= 4 is 37.4 Å². The van der Waals surface area contributed by atoms with Crippen LogP contribution in [0.2, 0.25) is 5.02 Å². The molecule has 4 rings (SSSR count). The molecule has 1 N–H and O–H groups in total. The van der Waals surface area contributed by atoms with Gasteiger partial charge in [-0.1, -0.05) is 54.8 Å². The second kappa shape index (κ2) is 10.6. The SMILES string of the molecule is O=C(NC(CC1CCN(S(=O)(=S)C2CCCC2)CC1)c1ccccc1)c1ccc(Cl)cc1. The van der Waals surface area contributed by atoms with Crippen LogP contribution in [0, 0.1) is 5.92 Å². The first-order valence-electron chi connectivity index (χ1n) is 11.5. The summed E-state index contributed by atoms with van der Waals surface area (Å²) in [5.41, 5.74) is 1.71. The van der Waals surface area contributed by atoms with E-state index in [1.54, 1.807) is 24.3 Å². The van der Waals surface area contributed by atoms with Crippen molar-refractivity contribution in [2.75, 3.05) is 13.1 Å². The van der Waals surface area contributed by atoms with Gasteiger partial charge < -0.3 is 5.32 Å². The molecular weight excluding hydrogens is 460 g/mol. The van der Waals surface area contributed by atoms with E-state index in [0.29, 0.717) is 16.5 Å². The Morgan fingerprint density at radius 2 is 1.66 bits per heavy atom.